The van der Waals surface area contributed by atoms with E-state index in [0.29, 0.717) is 0 Å². The first-order chi connectivity index (χ1) is 19.6. The van der Waals surface area contributed by atoms with Crippen molar-refractivity contribution in [2.45, 2.75) is 59.3 Å². The molecule has 0 N–H and O–H groups in total. The molecule has 0 saturated heterocycles. The zero-order chi connectivity index (χ0) is 28.3. The molecule has 1 aliphatic heterocycles. The van der Waals surface area contributed by atoms with Crippen LogP contribution in [0.5, 0.6) is 0 Å². The normalized spacial score (nSPS) is 11.0. The van der Waals surface area contributed by atoms with E-state index in [0.717, 1.165) is 22.4 Å². The Morgan fingerprint density at radius 1 is 0.775 bits per heavy atom. The average molecular weight is 659 g/mol. The predicted molar refractivity (Wildman–Crippen MR) is 174 cm³/mol. The third-order valence-electron chi connectivity index (χ3n) is 7.38. The topological polar surface area (TPSA) is 0 Å². The Morgan fingerprint density at radius 2 is 1.50 bits per heavy atom. The van der Waals surface area contributed by atoms with Gasteiger partial charge in [-0.1, -0.05) is 110 Å². The van der Waals surface area contributed by atoms with E-state index in [1.54, 1.807) is 0 Å². The minimum absolute atomic E-state index is 0.795. The van der Waals surface area contributed by atoms with Crippen molar-refractivity contribution in [3.05, 3.63) is 114 Å². The van der Waals surface area contributed by atoms with Crippen molar-refractivity contribution < 1.29 is 20.8 Å². The van der Waals surface area contributed by atoms with Crippen molar-refractivity contribution in [1.29, 1.82) is 0 Å². The van der Waals surface area contributed by atoms with Gasteiger partial charge in [-0.15, -0.1) is 40.1 Å². The molecule has 0 aromatic heterocycles. The molecule has 0 atom stereocenters. The molecule has 1 heterocycles. The van der Waals surface area contributed by atoms with Crippen LogP contribution in [0.2, 0.25) is 0 Å². The maximum Gasteiger partial charge on any atom is 0.0920 e. The van der Waals surface area contributed by atoms with E-state index in [9.17, 15) is 0 Å². The van der Waals surface area contributed by atoms with Gasteiger partial charge in [0.2, 0.25) is 0 Å². The van der Waals surface area contributed by atoms with Gasteiger partial charge in [0.1, 0.15) is 0 Å². The molecule has 6 rings (SSSR count). The Balaban J connectivity index is 0.000000192. The number of fused-ring (bicyclic) bond motifs is 4. The van der Waals surface area contributed by atoms with Gasteiger partial charge in [0.25, 0.3) is 0 Å². The largest absolute Gasteiger partial charge is 0.184 e. The number of rotatable bonds is 7. The maximum atomic E-state index is 4.93. The fraction of sp³-hybridized carbons (Fsp3) is 0.250. The molecule has 0 nitrogen and oxygen atoms in total. The Bertz CT molecular complexity index is 1480. The number of halogens is 2. The molecule has 0 spiro atoms. The van der Waals surface area contributed by atoms with Crippen LogP contribution in [0.25, 0.3) is 33.0 Å². The third-order valence-corrected chi connectivity index (χ3v) is 8.74. The summed E-state index contributed by atoms with van der Waals surface area (Å²) >= 11 is -0.826. The van der Waals surface area contributed by atoms with E-state index in [-0.39, 0.29) is 0 Å². The van der Waals surface area contributed by atoms with Crippen LogP contribution in [0, 0.1) is 6.07 Å². The number of hydrogen-bond acceptors (Lipinski definition) is 0. The van der Waals surface area contributed by atoms with E-state index >= 15 is 0 Å². The monoisotopic (exact) mass is 656 g/mol. The van der Waals surface area contributed by atoms with Gasteiger partial charge in [-0.25, -0.2) is 0 Å². The second kappa shape index (κ2) is 16.0. The van der Waals surface area contributed by atoms with Crippen LogP contribution in [0.15, 0.2) is 91.0 Å². The summed E-state index contributed by atoms with van der Waals surface area (Å²) in [5.41, 5.74) is 10.1. The summed E-state index contributed by atoms with van der Waals surface area (Å²) < 4.78 is 0. The second-order valence-corrected chi connectivity index (χ2v) is 15.1. The first-order valence-corrected chi connectivity index (χ1v) is 21.6. The maximum absolute atomic E-state index is 4.93. The Hall–Kier alpha value is -1.83. The van der Waals surface area contributed by atoms with Gasteiger partial charge in [0.15, 0.2) is 0 Å². The van der Waals surface area contributed by atoms with Gasteiger partial charge >= 0.3 is 37.9 Å². The van der Waals surface area contributed by atoms with Crippen LogP contribution >= 0.6 is 17.0 Å². The summed E-state index contributed by atoms with van der Waals surface area (Å²) in [5, 5.41) is 5.68. The minimum atomic E-state index is -0.826. The van der Waals surface area contributed by atoms with E-state index in [4.69, 9.17) is 17.0 Å². The van der Waals surface area contributed by atoms with E-state index in [2.05, 4.69) is 112 Å². The van der Waals surface area contributed by atoms with Crippen LogP contribution in [0.4, 0.5) is 0 Å². The quantitative estimate of drug-likeness (QED) is 0.118. The summed E-state index contributed by atoms with van der Waals surface area (Å²) in [6, 6.07) is 36.7. The van der Waals surface area contributed by atoms with Gasteiger partial charge in [0.05, 0.1) is 9.52 Å². The Kier molecular flexibility index (Phi) is 12.4. The van der Waals surface area contributed by atoms with Gasteiger partial charge in [0, 0.05) is 0 Å². The third kappa shape index (κ3) is 7.51. The SMILES string of the molecule is CCCCc1cc2c(-c3ccccc3CC)c(CCC)ccc2[cH-]1.[Cl][Zr+2][Cl].[c-]1cccc2c1[Si]c1ccccc1-2. The fourth-order valence-corrected chi connectivity index (χ4v) is 6.82. The molecule has 0 unspecified atom stereocenters. The number of hydrogen-bond donors (Lipinski definition) is 0. The molecule has 5 aromatic rings. The van der Waals surface area contributed by atoms with Crippen molar-refractivity contribution in [3.8, 4) is 22.3 Å². The smallest absolute Gasteiger partial charge is 0.0920 e. The summed E-state index contributed by atoms with van der Waals surface area (Å²) in [7, 11) is 10.7. The van der Waals surface area contributed by atoms with Crippen molar-refractivity contribution in [1.82, 2.24) is 0 Å². The Labute approximate surface area is 262 Å². The first kappa shape index (κ1) is 31.1. The molecule has 0 bridgehead atoms. The molecule has 1 aliphatic rings. The fourth-order valence-electron chi connectivity index (χ4n) is 5.51. The molecule has 202 valence electrons. The van der Waals surface area contributed by atoms with Gasteiger partial charge < -0.3 is 0 Å². The van der Waals surface area contributed by atoms with Crippen LogP contribution < -0.4 is 10.4 Å². The molecular weight excluding hydrogens is 623 g/mol. The number of aryl methyl sites for hydroxylation is 3. The van der Waals surface area contributed by atoms with Crippen molar-refractivity contribution in [3.63, 3.8) is 0 Å². The molecule has 0 saturated carbocycles. The van der Waals surface area contributed by atoms with Crippen LogP contribution in [-0.4, -0.2) is 9.52 Å². The van der Waals surface area contributed by atoms with Crippen LogP contribution in [0.3, 0.4) is 0 Å². The molecular formula is C36H36Cl2SiZr. The molecule has 2 radical (unpaired) electrons. The van der Waals surface area contributed by atoms with E-state index in [1.165, 1.54) is 85.8 Å². The second-order valence-electron chi connectivity index (χ2n) is 10.0. The molecule has 0 fully saturated rings. The van der Waals surface area contributed by atoms with Crippen molar-refractivity contribution >= 4 is 47.7 Å². The van der Waals surface area contributed by atoms with Crippen molar-refractivity contribution in [2.24, 2.45) is 0 Å². The molecule has 4 heteroatoms. The van der Waals surface area contributed by atoms with Crippen LogP contribution in [-0.2, 0) is 40.1 Å². The standard InChI is InChI=1S/C24H29.C12H7Si.2ClH.Zr/c1-4-7-11-18-16-21-15-14-20(10-5-2)24(23(21)17-18)22-13-9-8-12-19(22)6-3;1-3-7-11-9(5-1)10-6-2-4-8-12(10)13-11;;;/h8-9,12-17H,4-7,10-11H2,1-3H3;1-7H;2*1H;/q2*-1;;;+4/p-2. The molecule has 0 aliphatic carbocycles. The summed E-state index contributed by atoms with van der Waals surface area (Å²) in [6.45, 7) is 6.80. The van der Waals surface area contributed by atoms with E-state index in [1.807, 2.05) is 6.07 Å². The zero-order valence-electron chi connectivity index (χ0n) is 23.7. The summed E-state index contributed by atoms with van der Waals surface area (Å²) in [4.78, 5) is 0. The van der Waals surface area contributed by atoms with Crippen LogP contribution in [0.1, 0.15) is 56.7 Å². The average Bonchev–Trinajstić information content (AvgIpc) is 3.58. The van der Waals surface area contributed by atoms with Crippen molar-refractivity contribution in [2.75, 3.05) is 0 Å². The Morgan fingerprint density at radius 3 is 2.25 bits per heavy atom. The molecule has 5 aromatic carbocycles. The molecule has 0 amide bonds. The molecule has 40 heavy (non-hydrogen) atoms. The first-order valence-electron chi connectivity index (χ1n) is 14.3. The van der Waals surface area contributed by atoms with Gasteiger partial charge in [-0.2, -0.15) is 35.5 Å². The predicted octanol–water partition coefficient (Wildman–Crippen LogP) is 9.58. The minimum Gasteiger partial charge on any atom is -0.184 e. The number of benzene rings is 4. The number of unbranched alkanes of at least 4 members (excludes halogenated alkanes) is 1. The summed E-state index contributed by atoms with van der Waals surface area (Å²) in [6.07, 6.45) is 7.16. The summed E-state index contributed by atoms with van der Waals surface area (Å²) in [5.74, 6) is 0. The zero-order valence-corrected chi connectivity index (χ0v) is 28.6. The van der Waals surface area contributed by atoms with E-state index < -0.39 is 20.8 Å². The van der Waals surface area contributed by atoms with Gasteiger partial charge in [-0.05, 0) is 30.4 Å². The van der Waals surface area contributed by atoms with Gasteiger partial charge in [-0.3, -0.25) is 0 Å².